The molecule has 7 heteroatoms. The van der Waals surface area contributed by atoms with Gasteiger partial charge >= 0.3 is 0 Å². The predicted molar refractivity (Wildman–Crippen MR) is 106 cm³/mol. The summed E-state index contributed by atoms with van der Waals surface area (Å²) >= 11 is 1.54. The zero-order valence-corrected chi connectivity index (χ0v) is 16.3. The highest BCUT2D eigenvalue weighted by atomic mass is 32.1. The van der Waals surface area contributed by atoms with Crippen molar-refractivity contribution < 1.29 is 14.3 Å². The van der Waals surface area contributed by atoms with Crippen LogP contribution >= 0.6 is 11.3 Å². The van der Waals surface area contributed by atoms with Crippen molar-refractivity contribution in [1.29, 1.82) is 0 Å². The molecule has 1 aromatic heterocycles. The first-order valence-electron chi connectivity index (χ1n) is 9.09. The van der Waals surface area contributed by atoms with Crippen molar-refractivity contribution in [3.8, 4) is 5.75 Å². The first kappa shape index (κ1) is 19.4. The summed E-state index contributed by atoms with van der Waals surface area (Å²) in [6.45, 7) is 4.56. The highest BCUT2D eigenvalue weighted by Gasteiger charge is 2.22. The molecule has 0 unspecified atom stereocenters. The summed E-state index contributed by atoms with van der Waals surface area (Å²) in [4.78, 5) is 28.6. The van der Waals surface area contributed by atoms with E-state index in [2.05, 4.69) is 10.2 Å². The van der Waals surface area contributed by atoms with E-state index in [1.165, 1.54) is 0 Å². The van der Waals surface area contributed by atoms with E-state index in [0.717, 1.165) is 49.6 Å². The molecule has 144 valence electrons. The van der Waals surface area contributed by atoms with Crippen molar-refractivity contribution in [1.82, 2.24) is 15.1 Å². The van der Waals surface area contributed by atoms with Gasteiger partial charge in [0.2, 0.25) is 5.91 Å². The Morgan fingerprint density at radius 3 is 2.48 bits per heavy atom. The molecular formula is C20H25N3O3S. The standard InChI is InChI=1S/C20H25N3O3S/c1-26-18-4-2-16(3-5-18)14-19(24)21-7-8-22-9-11-23(12-10-22)20(25)17-6-13-27-15-17/h2-6,13,15H,7-12,14H2,1H3,(H,21,24). The second kappa shape index (κ2) is 9.53. The zero-order chi connectivity index (χ0) is 19.1. The number of hydrogen-bond acceptors (Lipinski definition) is 5. The van der Waals surface area contributed by atoms with E-state index in [1.807, 2.05) is 46.0 Å². The van der Waals surface area contributed by atoms with Crippen molar-refractivity contribution in [3.05, 3.63) is 52.2 Å². The molecule has 0 atom stereocenters. The molecule has 1 aliphatic rings. The number of amides is 2. The number of ether oxygens (including phenoxy) is 1. The lowest BCUT2D eigenvalue weighted by molar-refractivity contribution is -0.120. The number of rotatable bonds is 7. The third kappa shape index (κ3) is 5.55. The maximum absolute atomic E-state index is 12.3. The molecule has 27 heavy (non-hydrogen) atoms. The fourth-order valence-corrected chi connectivity index (χ4v) is 3.72. The van der Waals surface area contributed by atoms with Crippen LogP contribution in [0.15, 0.2) is 41.1 Å². The molecule has 1 fully saturated rings. The van der Waals surface area contributed by atoms with E-state index in [9.17, 15) is 9.59 Å². The number of carbonyl (C=O) groups is 2. The van der Waals surface area contributed by atoms with Crippen LogP contribution in [-0.2, 0) is 11.2 Å². The molecule has 6 nitrogen and oxygen atoms in total. The fraction of sp³-hybridized carbons (Fsp3) is 0.400. The molecule has 0 radical (unpaired) electrons. The number of hydrogen-bond donors (Lipinski definition) is 1. The van der Waals surface area contributed by atoms with Crippen LogP contribution in [0.2, 0.25) is 0 Å². The molecule has 1 N–H and O–H groups in total. The highest BCUT2D eigenvalue weighted by molar-refractivity contribution is 7.08. The van der Waals surface area contributed by atoms with Gasteiger partial charge in [0.15, 0.2) is 0 Å². The highest BCUT2D eigenvalue weighted by Crippen LogP contribution is 2.12. The number of nitrogens with one attached hydrogen (secondary N) is 1. The van der Waals surface area contributed by atoms with Crippen LogP contribution < -0.4 is 10.1 Å². The van der Waals surface area contributed by atoms with Crippen LogP contribution in [0.1, 0.15) is 15.9 Å². The molecule has 1 saturated heterocycles. The van der Waals surface area contributed by atoms with Crippen molar-refractivity contribution in [2.24, 2.45) is 0 Å². The Labute approximate surface area is 163 Å². The number of carbonyl (C=O) groups excluding carboxylic acids is 2. The van der Waals surface area contributed by atoms with E-state index < -0.39 is 0 Å². The van der Waals surface area contributed by atoms with Crippen LogP contribution in [0.3, 0.4) is 0 Å². The predicted octanol–water partition coefficient (Wildman–Crippen LogP) is 1.87. The third-order valence-corrected chi connectivity index (χ3v) is 5.38. The van der Waals surface area contributed by atoms with Gasteiger partial charge in [0, 0.05) is 44.6 Å². The Morgan fingerprint density at radius 1 is 1.11 bits per heavy atom. The summed E-state index contributed by atoms with van der Waals surface area (Å²) in [6, 6.07) is 9.40. The lowest BCUT2D eigenvalue weighted by Crippen LogP contribution is -2.50. The Kier molecular flexibility index (Phi) is 6.84. The lowest BCUT2D eigenvalue weighted by Gasteiger charge is -2.34. The number of benzene rings is 1. The topological polar surface area (TPSA) is 61.9 Å². The molecule has 2 heterocycles. The molecule has 2 aromatic rings. The van der Waals surface area contributed by atoms with Crippen LogP contribution in [0.4, 0.5) is 0 Å². The van der Waals surface area contributed by atoms with Gasteiger partial charge < -0.3 is 15.0 Å². The van der Waals surface area contributed by atoms with Crippen LogP contribution in [-0.4, -0.2) is 68.0 Å². The number of piperazine rings is 1. The van der Waals surface area contributed by atoms with Crippen molar-refractivity contribution >= 4 is 23.2 Å². The van der Waals surface area contributed by atoms with Crippen molar-refractivity contribution in [2.45, 2.75) is 6.42 Å². The molecule has 1 aromatic carbocycles. The number of thiophene rings is 1. The van der Waals surface area contributed by atoms with E-state index in [-0.39, 0.29) is 11.8 Å². The van der Waals surface area contributed by atoms with Crippen LogP contribution in [0, 0.1) is 0 Å². The van der Waals surface area contributed by atoms with Gasteiger partial charge in [-0.05, 0) is 29.1 Å². The number of nitrogens with zero attached hydrogens (tertiary/aromatic N) is 2. The van der Waals surface area contributed by atoms with Gasteiger partial charge in [-0.15, -0.1) is 0 Å². The van der Waals surface area contributed by atoms with Gasteiger partial charge in [-0.1, -0.05) is 12.1 Å². The minimum Gasteiger partial charge on any atom is -0.497 e. The van der Waals surface area contributed by atoms with E-state index in [1.54, 1.807) is 18.4 Å². The minimum absolute atomic E-state index is 0.0199. The molecule has 2 amide bonds. The second-order valence-corrected chi connectivity index (χ2v) is 7.30. The maximum atomic E-state index is 12.3. The zero-order valence-electron chi connectivity index (χ0n) is 15.5. The van der Waals surface area contributed by atoms with Gasteiger partial charge in [-0.3, -0.25) is 14.5 Å². The molecule has 0 saturated carbocycles. The molecule has 1 aliphatic heterocycles. The Hall–Kier alpha value is -2.38. The molecule has 0 bridgehead atoms. The van der Waals surface area contributed by atoms with Crippen molar-refractivity contribution in [2.75, 3.05) is 46.4 Å². The van der Waals surface area contributed by atoms with E-state index in [0.29, 0.717) is 13.0 Å². The average Bonchev–Trinajstić information content (AvgIpc) is 3.23. The third-order valence-electron chi connectivity index (χ3n) is 4.70. The Morgan fingerprint density at radius 2 is 1.85 bits per heavy atom. The Bertz CT molecular complexity index is 738. The van der Waals surface area contributed by atoms with Gasteiger partial charge in [0.1, 0.15) is 5.75 Å². The van der Waals surface area contributed by atoms with Crippen molar-refractivity contribution in [3.63, 3.8) is 0 Å². The summed E-state index contributed by atoms with van der Waals surface area (Å²) in [6.07, 6.45) is 0.368. The first-order chi connectivity index (χ1) is 13.2. The second-order valence-electron chi connectivity index (χ2n) is 6.52. The molecule has 3 rings (SSSR count). The van der Waals surface area contributed by atoms with E-state index >= 15 is 0 Å². The molecular weight excluding hydrogens is 362 g/mol. The quantitative estimate of drug-likeness (QED) is 0.788. The normalized spacial score (nSPS) is 14.8. The number of methoxy groups -OCH3 is 1. The molecule has 0 aliphatic carbocycles. The first-order valence-corrected chi connectivity index (χ1v) is 10.0. The smallest absolute Gasteiger partial charge is 0.254 e. The average molecular weight is 388 g/mol. The summed E-state index contributed by atoms with van der Waals surface area (Å²) < 4.78 is 5.12. The summed E-state index contributed by atoms with van der Waals surface area (Å²) in [5, 5.41) is 6.80. The fourth-order valence-electron chi connectivity index (χ4n) is 3.09. The lowest BCUT2D eigenvalue weighted by atomic mass is 10.1. The minimum atomic E-state index is 0.0199. The summed E-state index contributed by atoms with van der Waals surface area (Å²) in [7, 11) is 1.62. The van der Waals surface area contributed by atoms with Gasteiger partial charge in [-0.2, -0.15) is 11.3 Å². The van der Waals surface area contributed by atoms with Gasteiger partial charge in [-0.25, -0.2) is 0 Å². The summed E-state index contributed by atoms with van der Waals surface area (Å²) in [5.41, 5.74) is 1.74. The monoisotopic (exact) mass is 387 g/mol. The van der Waals surface area contributed by atoms with Gasteiger partial charge in [0.25, 0.3) is 5.91 Å². The van der Waals surface area contributed by atoms with Gasteiger partial charge in [0.05, 0.1) is 19.1 Å². The van der Waals surface area contributed by atoms with Crippen LogP contribution in [0.5, 0.6) is 5.75 Å². The van der Waals surface area contributed by atoms with Crippen LogP contribution in [0.25, 0.3) is 0 Å². The largest absolute Gasteiger partial charge is 0.497 e. The SMILES string of the molecule is COc1ccc(CC(=O)NCCN2CCN(C(=O)c3ccsc3)CC2)cc1. The Balaban J connectivity index is 1.34. The maximum Gasteiger partial charge on any atom is 0.254 e. The summed E-state index contributed by atoms with van der Waals surface area (Å²) in [5.74, 6) is 0.922. The molecule has 0 spiro atoms. The van der Waals surface area contributed by atoms with E-state index in [4.69, 9.17) is 4.74 Å².